The summed E-state index contributed by atoms with van der Waals surface area (Å²) in [6.07, 6.45) is 2.89. The topological polar surface area (TPSA) is 26.3 Å². The lowest BCUT2D eigenvalue weighted by Gasteiger charge is -2.02. The van der Waals surface area contributed by atoms with Crippen LogP contribution in [0.4, 0.5) is 4.39 Å². The number of carbonyl (C=O) groups is 1. The summed E-state index contributed by atoms with van der Waals surface area (Å²) in [6.45, 7) is 1.24. The second-order valence-corrected chi connectivity index (χ2v) is 4.20. The highest BCUT2D eigenvalue weighted by molar-refractivity contribution is 5.96. The summed E-state index contributed by atoms with van der Waals surface area (Å²) < 4.78 is 18.0. The van der Waals surface area contributed by atoms with Gasteiger partial charge < -0.3 is 4.74 Å². The molecule has 16 heavy (non-hydrogen) atoms. The van der Waals surface area contributed by atoms with E-state index in [2.05, 4.69) is 0 Å². The van der Waals surface area contributed by atoms with Gasteiger partial charge in [-0.2, -0.15) is 0 Å². The van der Waals surface area contributed by atoms with Crippen molar-refractivity contribution in [3.05, 3.63) is 35.6 Å². The van der Waals surface area contributed by atoms with Gasteiger partial charge in [-0.1, -0.05) is 0 Å². The first kappa shape index (κ1) is 11.3. The SMILES string of the molecule is O=C(CCOCC1CC1)c1ccc(F)cc1. The molecule has 0 saturated heterocycles. The van der Waals surface area contributed by atoms with E-state index < -0.39 is 0 Å². The highest BCUT2D eigenvalue weighted by atomic mass is 19.1. The predicted octanol–water partition coefficient (Wildman–Crippen LogP) is 2.83. The van der Waals surface area contributed by atoms with E-state index in [1.54, 1.807) is 0 Å². The lowest BCUT2D eigenvalue weighted by molar-refractivity contribution is 0.0860. The highest BCUT2D eigenvalue weighted by Crippen LogP contribution is 2.28. The summed E-state index contributed by atoms with van der Waals surface area (Å²) in [6, 6.07) is 5.63. The Kier molecular flexibility index (Phi) is 3.67. The Morgan fingerprint density at radius 1 is 1.31 bits per heavy atom. The molecule has 86 valence electrons. The van der Waals surface area contributed by atoms with Crippen molar-refractivity contribution < 1.29 is 13.9 Å². The van der Waals surface area contributed by atoms with Crippen LogP contribution in [-0.2, 0) is 4.74 Å². The van der Waals surface area contributed by atoms with Crippen molar-refractivity contribution in [2.45, 2.75) is 19.3 Å². The molecule has 0 N–H and O–H groups in total. The molecule has 1 aliphatic rings. The Bertz CT molecular complexity index is 355. The van der Waals surface area contributed by atoms with E-state index in [9.17, 15) is 9.18 Å². The molecule has 2 nitrogen and oxygen atoms in total. The van der Waals surface area contributed by atoms with E-state index in [1.807, 2.05) is 0 Å². The minimum Gasteiger partial charge on any atom is -0.381 e. The van der Waals surface area contributed by atoms with Crippen LogP contribution in [0, 0.1) is 11.7 Å². The molecule has 0 amide bonds. The second-order valence-electron chi connectivity index (χ2n) is 4.20. The minimum atomic E-state index is -0.318. The lowest BCUT2D eigenvalue weighted by atomic mass is 10.1. The van der Waals surface area contributed by atoms with Crippen molar-refractivity contribution in [2.24, 2.45) is 5.92 Å². The van der Waals surface area contributed by atoms with Crippen LogP contribution in [0.15, 0.2) is 24.3 Å². The fourth-order valence-electron chi connectivity index (χ4n) is 1.48. The first-order chi connectivity index (χ1) is 7.75. The van der Waals surface area contributed by atoms with Gasteiger partial charge in [0, 0.05) is 18.6 Å². The molecule has 0 heterocycles. The molecule has 0 atom stereocenters. The van der Waals surface area contributed by atoms with E-state index >= 15 is 0 Å². The zero-order valence-corrected chi connectivity index (χ0v) is 9.12. The van der Waals surface area contributed by atoms with Gasteiger partial charge in [0.2, 0.25) is 0 Å². The van der Waals surface area contributed by atoms with Gasteiger partial charge in [0.1, 0.15) is 5.82 Å². The summed E-state index contributed by atoms with van der Waals surface area (Å²) in [4.78, 5) is 11.6. The fourth-order valence-corrected chi connectivity index (χ4v) is 1.48. The number of hydrogen-bond acceptors (Lipinski definition) is 2. The third-order valence-electron chi connectivity index (χ3n) is 2.69. The van der Waals surface area contributed by atoms with Crippen molar-refractivity contribution in [1.82, 2.24) is 0 Å². The molecule has 1 aromatic rings. The van der Waals surface area contributed by atoms with Crippen molar-refractivity contribution in [3.63, 3.8) is 0 Å². The molecular formula is C13H15FO2. The molecule has 0 radical (unpaired) electrons. The maximum absolute atomic E-state index is 12.6. The Morgan fingerprint density at radius 2 is 2.00 bits per heavy atom. The summed E-state index contributed by atoms with van der Waals surface area (Å²) in [5.41, 5.74) is 0.552. The maximum Gasteiger partial charge on any atom is 0.165 e. The quantitative estimate of drug-likeness (QED) is 0.546. The monoisotopic (exact) mass is 222 g/mol. The Hall–Kier alpha value is -1.22. The number of Topliss-reactive ketones (excluding diaryl/α,β-unsaturated/α-hetero) is 1. The van der Waals surface area contributed by atoms with Gasteiger partial charge >= 0.3 is 0 Å². The predicted molar refractivity (Wildman–Crippen MR) is 58.9 cm³/mol. The van der Waals surface area contributed by atoms with Crippen LogP contribution in [-0.4, -0.2) is 19.0 Å². The summed E-state index contributed by atoms with van der Waals surface area (Å²) >= 11 is 0. The number of ketones is 1. The van der Waals surface area contributed by atoms with E-state index in [0.29, 0.717) is 18.6 Å². The molecule has 1 aromatic carbocycles. The van der Waals surface area contributed by atoms with Crippen LogP contribution < -0.4 is 0 Å². The van der Waals surface area contributed by atoms with Crippen molar-refractivity contribution in [1.29, 1.82) is 0 Å². The maximum atomic E-state index is 12.6. The third-order valence-corrected chi connectivity index (χ3v) is 2.69. The fraction of sp³-hybridized carbons (Fsp3) is 0.462. The van der Waals surface area contributed by atoms with E-state index in [4.69, 9.17) is 4.74 Å². The number of hydrogen-bond donors (Lipinski definition) is 0. The molecule has 0 unspecified atom stereocenters. The van der Waals surface area contributed by atoms with Crippen LogP contribution in [0.3, 0.4) is 0 Å². The number of rotatable bonds is 6. The van der Waals surface area contributed by atoms with Gasteiger partial charge in [0.25, 0.3) is 0 Å². The van der Waals surface area contributed by atoms with Crippen LogP contribution in [0.25, 0.3) is 0 Å². The van der Waals surface area contributed by atoms with Crippen molar-refractivity contribution >= 4 is 5.78 Å². The van der Waals surface area contributed by atoms with Gasteiger partial charge in [0.15, 0.2) is 5.78 Å². The molecular weight excluding hydrogens is 207 g/mol. The van der Waals surface area contributed by atoms with Crippen LogP contribution in [0.2, 0.25) is 0 Å². The van der Waals surface area contributed by atoms with Crippen molar-refractivity contribution in [2.75, 3.05) is 13.2 Å². The molecule has 0 aliphatic heterocycles. The molecule has 0 spiro atoms. The third kappa shape index (κ3) is 3.42. The summed E-state index contributed by atoms with van der Waals surface area (Å²) in [7, 11) is 0. The Balaban J connectivity index is 1.71. The van der Waals surface area contributed by atoms with Gasteiger partial charge in [-0.15, -0.1) is 0 Å². The number of ether oxygens (including phenoxy) is 1. The number of benzene rings is 1. The Labute approximate surface area is 94.4 Å². The standard InChI is InChI=1S/C13H15FO2/c14-12-5-3-11(4-6-12)13(15)7-8-16-9-10-1-2-10/h3-6,10H,1-2,7-9H2. The number of halogens is 1. The largest absolute Gasteiger partial charge is 0.381 e. The Morgan fingerprint density at radius 3 is 2.62 bits per heavy atom. The molecule has 3 heteroatoms. The normalized spacial score (nSPS) is 15.1. The van der Waals surface area contributed by atoms with Gasteiger partial charge in [-0.05, 0) is 43.0 Å². The van der Waals surface area contributed by atoms with E-state index in [1.165, 1.54) is 37.1 Å². The van der Waals surface area contributed by atoms with Crippen molar-refractivity contribution in [3.8, 4) is 0 Å². The average molecular weight is 222 g/mol. The summed E-state index contributed by atoms with van der Waals surface area (Å²) in [5.74, 6) is 0.415. The molecule has 1 saturated carbocycles. The molecule has 0 aromatic heterocycles. The average Bonchev–Trinajstić information content (AvgIpc) is 3.09. The smallest absolute Gasteiger partial charge is 0.165 e. The summed E-state index contributed by atoms with van der Waals surface area (Å²) in [5, 5.41) is 0. The first-order valence-electron chi connectivity index (χ1n) is 5.62. The van der Waals surface area contributed by atoms with Crippen LogP contribution in [0.1, 0.15) is 29.6 Å². The van der Waals surface area contributed by atoms with Crippen LogP contribution >= 0.6 is 0 Å². The van der Waals surface area contributed by atoms with Gasteiger partial charge in [-0.25, -0.2) is 4.39 Å². The van der Waals surface area contributed by atoms with Gasteiger partial charge in [-0.3, -0.25) is 4.79 Å². The van der Waals surface area contributed by atoms with Gasteiger partial charge in [0.05, 0.1) is 6.61 Å². The molecule has 2 rings (SSSR count). The number of carbonyl (C=O) groups excluding carboxylic acids is 1. The zero-order chi connectivity index (χ0) is 11.4. The van der Waals surface area contributed by atoms with E-state index in [0.717, 1.165) is 12.5 Å². The molecule has 1 aliphatic carbocycles. The van der Waals surface area contributed by atoms with Crippen LogP contribution in [0.5, 0.6) is 0 Å². The first-order valence-corrected chi connectivity index (χ1v) is 5.62. The molecule has 0 bridgehead atoms. The van der Waals surface area contributed by atoms with E-state index in [-0.39, 0.29) is 11.6 Å². The minimum absolute atomic E-state index is 0.01000. The zero-order valence-electron chi connectivity index (χ0n) is 9.12. The highest BCUT2D eigenvalue weighted by Gasteiger charge is 2.21. The lowest BCUT2D eigenvalue weighted by Crippen LogP contribution is -2.06. The second kappa shape index (κ2) is 5.21. The molecule has 1 fully saturated rings.